The highest BCUT2D eigenvalue weighted by atomic mass is 16.5. The number of aryl methyl sites for hydroxylation is 1. The standard InChI is InChI=1S/C18H22O2/c1-18(19,13-12-16-8-4-2-5-9-16)15-20-14-17-10-6-3-7-11-17/h2-11,19H,12-15H2,1H3/t18-/m1/s1. The molecule has 0 aromatic heterocycles. The van der Waals surface area contributed by atoms with Crippen LogP contribution in [-0.2, 0) is 17.8 Å². The van der Waals surface area contributed by atoms with E-state index in [1.807, 2.05) is 55.5 Å². The van der Waals surface area contributed by atoms with E-state index in [0.29, 0.717) is 19.6 Å². The van der Waals surface area contributed by atoms with Gasteiger partial charge in [0.05, 0.1) is 18.8 Å². The predicted octanol–water partition coefficient (Wildman–Crippen LogP) is 3.59. The number of aliphatic hydroxyl groups is 1. The van der Waals surface area contributed by atoms with Crippen LogP contribution in [0.2, 0.25) is 0 Å². The number of benzene rings is 2. The molecule has 0 heterocycles. The topological polar surface area (TPSA) is 29.5 Å². The van der Waals surface area contributed by atoms with E-state index in [1.54, 1.807) is 0 Å². The molecule has 2 nitrogen and oxygen atoms in total. The van der Waals surface area contributed by atoms with Crippen LogP contribution in [0.25, 0.3) is 0 Å². The van der Waals surface area contributed by atoms with Gasteiger partial charge in [-0.3, -0.25) is 0 Å². The molecule has 20 heavy (non-hydrogen) atoms. The fourth-order valence-corrected chi connectivity index (χ4v) is 2.09. The monoisotopic (exact) mass is 270 g/mol. The van der Waals surface area contributed by atoms with Crippen molar-refractivity contribution in [3.63, 3.8) is 0 Å². The molecule has 2 rings (SSSR count). The van der Waals surface area contributed by atoms with Crippen molar-refractivity contribution in [3.05, 3.63) is 71.8 Å². The lowest BCUT2D eigenvalue weighted by Crippen LogP contribution is -2.31. The third-order valence-electron chi connectivity index (χ3n) is 3.32. The van der Waals surface area contributed by atoms with Gasteiger partial charge >= 0.3 is 0 Å². The molecule has 0 unspecified atom stereocenters. The first-order valence-electron chi connectivity index (χ1n) is 7.04. The summed E-state index contributed by atoms with van der Waals surface area (Å²) >= 11 is 0. The first kappa shape index (κ1) is 14.8. The van der Waals surface area contributed by atoms with E-state index in [1.165, 1.54) is 5.56 Å². The first-order valence-corrected chi connectivity index (χ1v) is 7.04. The van der Waals surface area contributed by atoms with E-state index in [0.717, 1.165) is 12.0 Å². The molecule has 0 aliphatic heterocycles. The van der Waals surface area contributed by atoms with E-state index in [4.69, 9.17) is 4.74 Å². The van der Waals surface area contributed by atoms with Gasteiger partial charge in [-0.1, -0.05) is 60.7 Å². The first-order chi connectivity index (χ1) is 9.66. The predicted molar refractivity (Wildman–Crippen MR) is 81.5 cm³/mol. The molecule has 1 N–H and O–H groups in total. The second kappa shape index (κ2) is 7.22. The minimum atomic E-state index is -0.787. The summed E-state index contributed by atoms with van der Waals surface area (Å²) in [5, 5.41) is 10.3. The number of hydrogen-bond donors (Lipinski definition) is 1. The van der Waals surface area contributed by atoms with E-state index >= 15 is 0 Å². The smallest absolute Gasteiger partial charge is 0.0855 e. The lowest BCUT2D eigenvalue weighted by molar-refractivity contribution is -0.0440. The second-order valence-corrected chi connectivity index (χ2v) is 5.46. The largest absolute Gasteiger partial charge is 0.388 e. The molecule has 0 saturated heterocycles. The molecule has 2 heteroatoms. The Morgan fingerprint density at radius 3 is 2.05 bits per heavy atom. The fourth-order valence-electron chi connectivity index (χ4n) is 2.09. The molecule has 2 aromatic rings. The molecule has 0 saturated carbocycles. The number of hydrogen-bond acceptors (Lipinski definition) is 2. The highest BCUT2D eigenvalue weighted by Crippen LogP contribution is 2.15. The average Bonchev–Trinajstić information content (AvgIpc) is 2.47. The third-order valence-corrected chi connectivity index (χ3v) is 3.32. The minimum absolute atomic E-state index is 0.356. The van der Waals surface area contributed by atoms with Crippen molar-refractivity contribution >= 4 is 0 Å². The molecule has 106 valence electrons. The van der Waals surface area contributed by atoms with Crippen molar-refractivity contribution < 1.29 is 9.84 Å². The van der Waals surface area contributed by atoms with Crippen molar-refractivity contribution in [1.82, 2.24) is 0 Å². The Labute approximate surface area is 121 Å². The lowest BCUT2D eigenvalue weighted by atomic mass is 9.98. The van der Waals surface area contributed by atoms with Crippen LogP contribution in [0.1, 0.15) is 24.5 Å². The van der Waals surface area contributed by atoms with Gasteiger partial charge in [-0.05, 0) is 30.9 Å². The highest BCUT2D eigenvalue weighted by Gasteiger charge is 2.20. The lowest BCUT2D eigenvalue weighted by Gasteiger charge is -2.23. The molecular formula is C18H22O2. The molecule has 0 bridgehead atoms. The molecule has 0 aliphatic rings. The summed E-state index contributed by atoms with van der Waals surface area (Å²) < 4.78 is 5.62. The summed E-state index contributed by atoms with van der Waals surface area (Å²) in [7, 11) is 0. The van der Waals surface area contributed by atoms with Gasteiger partial charge in [-0.2, -0.15) is 0 Å². The van der Waals surface area contributed by atoms with Gasteiger partial charge in [-0.25, -0.2) is 0 Å². The van der Waals surface area contributed by atoms with Crippen molar-refractivity contribution in [2.24, 2.45) is 0 Å². The minimum Gasteiger partial charge on any atom is -0.388 e. The number of ether oxygens (including phenoxy) is 1. The van der Waals surface area contributed by atoms with Crippen LogP contribution < -0.4 is 0 Å². The molecule has 0 aliphatic carbocycles. The van der Waals surface area contributed by atoms with E-state index in [9.17, 15) is 5.11 Å². The molecule has 1 atom stereocenters. The molecule has 0 spiro atoms. The second-order valence-electron chi connectivity index (χ2n) is 5.46. The molecule has 0 radical (unpaired) electrons. The Hall–Kier alpha value is -1.64. The van der Waals surface area contributed by atoms with Gasteiger partial charge in [0, 0.05) is 0 Å². The van der Waals surface area contributed by atoms with Gasteiger partial charge in [0.15, 0.2) is 0 Å². The summed E-state index contributed by atoms with van der Waals surface area (Å²) in [6.45, 7) is 2.73. The van der Waals surface area contributed by atoms with Crippen LogP contribution in [0.4, 0.5) is 0 Å². The van der Waals surface area contributed by atoms with E-state index in [-0.39, 0.29) is 0 Å². The SMILES string of the molecule is C[C@@](O)(CCc1ccccc1)COCc1ccccc1. The maximum absolute atomic E-state index is 10.3. The zero-order chi connectivity index (χ0) is 14.3. The molecule has 0 amide bonds. The zero-order valence-electron chi connectivity index (χ0n) is 12.0. The van der Waals surface area contributed by atoms with E-state index in [2.05, 4.69) is 12.1 Å². The van der Waals surface area contributed by atoms with Crippen molar-refractivity contribution in [3.8, 4) is 0 Å². The fraction of sp³-hybridized carbons (Fsp3) is 0.333. The van der Waals surface area contributed by atoms with Crippen LogP contribution in [0, 0.1) is 0 Å². The van der Waals surface area contributed by atoms with Gasteiger partial charge in [0.2, 0.25) is 0 Å². The van der Waals surface area contributed by atoms with Crippen molar-refractivity contribution in [2.75, 3.05) is 6.61 Å². The summed E-state index contributed by atoms with van der Waals surface area (Å²) in [6.07, 6.45) is 1.56. The van der Waals surface area contributed by atoms with Crippen molar-refractivity contribution in [1.29, 1.82) is 0 Å². The van der Waals surface area contributed by atoms with Crippen molar-refractivity contribution in [2.45, 2.75) is 32.0 Å². The van der Waals surface area contributed by atoms with E-state index < -0.39 is 5.60 Å². The van der Waals surface area contributed by atoms with Crippen LogP contribution >= 0.6 is 0 Å². The quantitative estimate of drug-likeness (QED) is 0.833. The van der Waals surface area contributed by atoms with Crippen LogP contribution in [0.15, 0.2) is 60.7 Å². The summed E-state index contributed by atoms with van der Waals surface area (Å²) in [4.78, 5) is 0. The Morgan fingerprint density at radius 2 is 1.45 bits per heavy atom. The molecule has 2 aromatic carbocycles. The number of rotatable bonds is 7. The summed E-state index contributed by atoms with van der Waals surface area (Å²) in [5.41, 5.74) is 1.59. The summed E-state index contributed by atoms with van der Waals surface area (Å²) in [6, 6.07) is 20.2. The average molecular weight is 270 g/mol. The molecular weight excluding hydrogens is 248 g/mol. The van der Waals surface area contributed by atoms with Crippen LogP contribution in [-0.4, -0.2) is 17.3 Å². The zero-order valence-corrected chi connectivity index (χ0v) is 12.0. The Balaban J connectivity index is 1.73. The van der Waals surface area contributed by atoms with Crippen LogP contribution in [0.3, 0.4) is 0 Å². The normalized spacial score (nSPS) is 13.9. The van der Waals surface area contributed by atoms with Crippen LogP contribution in [0.5, 0.6) is 0 Å². The molecule has 0 fully saturated rings. The third kappa shape index (κ3) is 5.16. The Bertz CT molecular complexity index is 491. The van der Waals surface area contributed by atoms with Gasteiger partial charge < -0.3 is 9.84 Å². The Kier molecular flexibility index (Phi) is 5.33. The van der Waals surface area contributed by atoms with Gasteiger partial charge in [0.25, 0.3) is 0 Å². The summed E-state index contributed by atoms with van der Waals surface area (Å²) in [5.74, 6) is 0. The maximum atomic E-state index is 10.3. The maximum Gasteiger partial charge on any atom is 0.0855 e. The van der Waals surface area contributed by atoms with Gasteiger partial charge in [-0.15, -0.1) is 0 Å². The highest BCUT2D eigenvalue weighted by molar-refractivity contribution is 5.15. The van der Waals surface area contributed by atoms with Gasteiger partial charge in [0.1, 0.15) is 0 Å². The Morgan fingerprint density at radius 1 is 0.900 bits per heavy atom.